The van der Waals surface area contributed by atoms with E-state index in [-0.39, 0.29) is 11.6 Å². The monoisotopic (exact) mass is 225 g/mol. The number of carbonyl (C=O) groups is 1. The molecule has 0 aromatic carbocycles. The second kappa shape index (κ2) is 6.56. The molecule has 0 atom stereocenters. The second-order valence-electron chi connectivity index (χ2n) is 4.81. The van der Waals surface area contributed by atoms with Crippen LogP contribution in [0.15, 0.2) is 12.7 Å². The van der Waals surface area contributed by atoms with Gasteiger partial charge in [0.05, 0.1) is 6.61 Å². The van der Waals surface area contributed by atoms with Gasteiger partial charge in [0.1, 0.15) is 0 Å². The third kappa shape index (κ3) is 4.69. The fourth-order valence-electron chi connectivity index (χ4n) is 2.13. The van der Waals surface area contributed by atoms with Crippen LogP contribution in [0, 0.1) is 0 Å². The van der Waals surface area contributed by atoms with Crippen LogP contribution in [0.3, 0.4) is 0 Å². The largest absolute Gasteiger partial charge is 0.450 e. The van der Waals surface area contributed by atoms with Gasteiger partial charge >= 0.3 is 6.09 Å². The van der Waals surface area contributed by atoms with Crippen LogP contribution in [0.1, 0.15) is 51.9 Å². The number of alkyl carbamates (subject to hydrolysis) is 1. The quantitative estimate of drug-likeness (QED) is 0.575. The summed E-state index contributed by atoms with van der Waals surface area (Å²) in [6.45, 7) is 6.21. The van der Waals surface area contributed by atoms with E-state index in [0.717, 1.165) is 25.7 Å². The molecule has 0 aliphatic heterocycles. The Morgan fingerprint density at radius 3 is 2.75 bits per heavy atom. The Kier molecular flexibility index (Phi) is 5.36. The molecule has 0 radical (unpaired) electrons. The molecule has 0 bridgehead atoms. The van der Waals surface area contributed by atoms with Gasteiger partial charge in [-0.2, -0.15) is 0 Å². The summed E-state index contributed by atoms with van der Waals surface area (Å²) in [5.41, 5.74) is -0.0478. The minimum absolute atomic E-state index is 0.0478. The molecule has 3 heteroatoms. The van der Waals surface area contributed by atoms with Crippen LogP contribution in [-0.4, -0.2) is 18.2 Å². The average Bonchev–Trinajstić information content (AvgIpc) is 2.25. The van der Waals surface area contributed by atoms with Crippen LogP contribution >= 0.6 is 0 Å². The minimum Gasteiger partial charge on any atom is -0.450 e. The number of allylic oxidation sites excluding steroid dienone is 1. The van der Waals surface area contributed by atoms with Crippen molar-refractivity contribution < 1.29 is 9.53 Å². The van der Waals surface area contributed by atoms with E-state index < -0.39 is 0 Å². The van der Waals surface area contributed by atoms with Gasteiger partial charge in [0.15, 0.2) is 0 Å². The number of unbranched alkanes of at least 4 members (excludes halogenated alkanes) is 1. The van der Waals surface area contributed by atoms with Crippen molar-refractivity contribution in [2.45, 2.75) is 57.4 Å². The summed E-state index contributed by atoms with van der Waals surface area (Å²) >= 11 is 0. The van der Waals surface area contributed by atoms with Crippen LogP contribution in [0.4, 0.5) is 4.79 Å². The summed E-state index contributed by atoms with van der Waals surface area (Å²) in [5.74, 6) is 0. The Bertz CT molecular complexity index is 232. The molecule has 92 valence electrons. The first-order valence-electron chi connectivity index (χ1n) is 6.22. The molecule has 0 heterocycles. The van der Waals surface area contributed by atoms with Gasteiger partial charge in [-0.05, 0) is 32.6 Å². The molecule has 1 amide bonds. The Hall–Kier alpha value is -0.990. The summed E-state index contributed by atoms with van der Waals surface area (Å²) in [7, 11) is 0. The summed E-state index contributed by atoms with van der Waals surface area (Å²) in [5, 5.41) is 2.99. The summed E-state index contributed by atoms with van der Waals surface area (Å²) in [4.78, 5) is 11.5. The number of hydrogen-bond acceptors (Lipinski definition) is 2. The van der Waals surface area contributed by atoms with Gasteiger partial charge in [-0.3, -0.25) is 0 Å². The van der Waals surface area contributed by atoms with Crippen molar-refractivity contribution >= 4 is 6.09 Å². The number of amides is 1. The van der Waals surface area contributed by atoms with E-state index >= 15 is 0 Å². The van der Waals surface area contributed by atoms with Gasteiger partial charge in [0.2, 0.25) is 0 Å². The van der Waals surface area contributed by atoms with E-state index in [1.54, 1.807) is 0 Å². The van der Waals surface area contributed by atoms with Crippen molar-refractivity contribution in [2.24, 2.45) is 0 Å². The number of hydrogen-bond donors (Lipinski definition) is 1. The van der Waals surface area contributed by atoms with Crippen molar-refractivity contribution in [1.29, 1.82) is 0 Å². The molecular weight excluding hydrogens is 202 g/mol. The highest BCUT2D eigenvalue weighted by molar-refractivity contribution is 5.68. The van der Waals surface area contributed by atoms with Gasteiger partial charge in [-0.25, -0.2) is 4.79 Å². The number of carbonyl (C=O) groups excluding carboxylic acids is 1. The van der Waals surface area contributed by atoms with Crippen molar-refractivity contribution in [2.75, 3.05) is 6.61 Å². The van der Waals surface area contributed by atoms with E-state index in [2.05, 4.69) is 18.8 Å². The predicted molar refractivity (Wildman–Crippen MR) is 65.4 cm³/mol. The number of nitrogens with one attached hydrogen (secondary N) is 1. The van der Waals surface area contributed by atoms with Gasteiger partial charge in [-0.15, -0.1) is 6.58 Å². The van der Waals surface area contributed by atoms with E-state index in [0.29, 0.717) is 6.61 Å². The second-order valence-corrected chi connectivity index (χ2v) is 4.81. The maximum Gasteiger partial charge on any atom is 0.407 e. The third-order valence-corrected chi connectivity index (χ3v) is 3.15. The molecule has 16 heavy (non-hydrogen) atoms. The molecule has 0 aromatic heterocycles. The van der Waals surface area contributed by atoms with E-state index in [4.69, 9.17) is 4.74 Å². The van der Waals surface area contributed by atoms with Gasteiger partial charge in [0, 0.05) is 5.54 Å². The fraction of sp³-hybridized carbons (Fsp3) is 0.769. The molecule has 1 saturated carbocycles. The predicted octanol–water partition coefficient (Wildman–Crippen LogP) is 3.40. The molecular formula is C13H23NO2. The van der Waals surface area contributed by atoms with Crippen LogP contribution in [-0.2, 0) is 4.74 Å². The smallest absolute Gasteiger partial charge is 0.407 e. The normalized spacial score (nSPS) is 18.8. The molecule has 1 N–H and O–H groups in total. The molecule has 0 saturated heterocycles. The standard InChI is InChI=1S/C13H23NO2/c1-3-4-8-11-16-12(15)14-13(2)9-6-5-7-10-13/h3H,1,4-11H2,2H3,(H,14,15). The highest BCUT2D eigenvalue weighted by Gasteiger charge is 2.28. The van der Waals surface area contributed by atoms with Gasteiger partial charge < -0.3 is 10.1 Å². The van der Waals surface area contributed by atoms with Crippen molar-refractivity contribution in [3.8, 4) is 0 Å². The minimum atomic E-state index is -0.270. The molecule has 1 aliphatic rings. The Morgan fingerprint density at radius 2 is 2.12 bits per heavy atom. The van der Waals surface area contributed by atoms with E-state index in [1.807, 2.05) is 6.08 Å². The van der Waals surface area contributed by atoms with Crippen LogP contribution < -0.4 is 5.32 Å². The van der Waals surface area contributed by atoms with E-state index in [1.165, 1.54) is 19.3 Å². The molecule has 0 spiro atoms. The third-order valence-electron chi connectivity index (χ3n) is 3.15. The Labute approximate surface area is 98.2 Å². The van der Waals surface area contributed by atoms with Crippen molar-refractivity contribution in [3.63, 3.8) is 0 Å². The number of rotatable bonds is 5. The topological polar surface area (TPSA) is 38.3 Å². The lowest BCUT2D eigenvalue weighted by atomic mass is 9.83. The average molecular weight is 225 g/mol. The highest BCUT2D eigenvalue weighted by Crippen LogP contribution is 2.27. The fourth-order valence-corrected chi connectivity index (χ4v) is 2.13. The molecule has 0 unspecified atom stereocenters. The van der Waals surface area contributed by atoms with Crippen LogP contribution in [0.2, 0.25) is 0 Å². The molecule has 1 aliphatic carbocycles. The Balaban J connectivity index is 2.19. The maximum absolute atomic E-state index is 11.5. The lowest BCUT2D eigenvalue weighted by molar-refractivity contribution is 0.126. The Morgan fingerprint density at radius 1 is 1.44 bits per heavy atom. The summed E-state index contributed by atoms with van der Waals surface area (Å²) in [6.07, 6.45) is 9.13. The lowest BCUT2D eigenvalue weighted by Gasteiger charge is -2.33. The summed E-state index contributed by atoms with van der Waals surface area (Å²) in [6, 6.07) is 0. The molecule has 1 rings (SSSR count). The zero-order valence-electron chi connectivity index (χ0n) is 10.3. The van der Waals surface area contributed by atoms with E-state index in [9.17, 15) is 4.79 Å². The molecule has 0 aromatic rings. The lowest BCUT2D eigenvalue weighted by Crippen LogP contribution is -2.47. The van der Waals surface area contributed by atoms with Crippen LogP contribution in [0.25, 0.3) is 0 Å². The van der Waals surface area contributed by atoms with Crippen molar-refractivity contribution in [1.82, 2.24) is 5.32 Å². The van der Waals surface area contributed by atoms with Gasteiger partial charge in [0.25, 0.3) is 0 Å². The van der Waals surface area contributed by atoms with Crippen molar-refractivity contribution in [3.05, 3.63) is 12.7 Å². The first-order chi connectivity index (χ1) is 7.66. The first-order valence-corrected chi connectivity index (χ1v) is 6.22. The summed E-state index contributed by atoms with van der Waals surface area (Å²) < 4.78 is 5.11. The number of ether oxygens (including phenoxy) is 1. The molecule has 1 fully saturated rings. The SMILES string of the molecule is C=CCCCOC(=O)NC1(C)CCCCC1. The zero-order valence-corrected chi connectivity index (χ0v) is 10.3. The van der Waals surface area contributed by atoms with Crippen LogP contribution in [0.5, 0.6) is 0 Å². The van der Waals surface area contributed by atoms with Gasteiger partial charge in [-0.1, -0.05) is 25.3 Å². The maximum atomic E-state index is 11.5. The zero-order chi connectivity index (χ0) is 11.9. The first kappa shape index (κ1) is 13.1. The highest BCUT2D eigenvalue weighted by atomic mass is 16.5. The molecule has 3 nitrogen and oxygen atoms in total.